The highest BCUT2D eigenvalue weighted by molar-refractivity contribution is 7.90. The highest BCUT2D eigenvalue weighted by Crippen LogP contribution is 2.40. The fourth-order valence-corrected chi connectivity index (χ4v) is 6.02. The Kier molecular flexibility index (Phi) is 8.98. The number of hydrogen-bond acceptors (Lipinski definition) is 9. The number of amides is 1. The number of hydrogen-bond donors (Lipinski definition) is 1. The van der Waals surface area contributed by atoms with Gasteiger partial charge in [0.05, 0.1) is 35.0 Å². The zero-order valence-corrected chi connectivity index (χ0v) is 25.9. The molecule has 1 aliphatic heterocycles. The van der Waals surface area contributed by atoms with E-state index in [0.717, 1.165) is 11.9 Å². The van der Waals surface area contributed by atoms with Crippen molar-refractivity contribution in [2.45, 2.75) is 76.0 Å². The second-order valence-electron chi connectivity index (χ2n) is 12.2. The van der Waals surface area contributed by atoms with E-state index in [2.05, 4.69) is 16.3 Å². The van der Waals surface area contributed by atoms with Crippen molar-refractivity contribution in [1.29, 1.82) is 0 Å². The lowest BCUT2D eigenvalue weighted by Crippen LogP contribution is -2.55. The molecule has 41 heavy (non-hydrogen) atoms. The van der Waals surface area contributed by atoms with Crippen molar-refractivity contribution >= 4 is 27.6 Å². The lowest BCUT2D eigenvalue weighted by atomic mass is 10.1. The Bertz CT molecular complexity index is 1380. The molecule has 1 N–H and O–H groups in total. The average molecular weight is 587 g/mol. The Morgan fingerprint density at radius 1 is 1.17 bits per heavy atom. The van der Waals surface area contributed by atoms with Crippen molar-refractivity contribution in [3.8, 4) is 0 Å². The molecule has 1 aliphatic carbocycles. The summed E-state index contributed by atoms with van der Waals surface area (Å²) >= 11 is 0. The minimum atomic E-state index is -3.69. The van der Waals surface area contributed by atoms with Crippen molar-refractivity contribution in [2.24, 2.45) is 0 Å². The van der Waals surface area contributed by atoms with Crippen LogP contribution in [0.2, 0.25) is 0 Å². The molecule has 2 heterocycles. The van der Waals surface area contributed by atoms with Gasteiger partial charge in [-0.3, -0.25) is 9.88 Å². The molecular formula is C30H42N4O6S. The SMILES string of the molecule is COC(=O)c1cc(S(C)(=O)=O)c(NC(CN2CCN(C(=O)OC(C)(C)C)[C@H](C)C2)c2ccc(C3CC3)cn2)cc1C. The molecule has 2 atom stereocenters. The first kappa shape index (κ1) is 30.8. The Labute approximate surface area is 243 Å². The Balaban J connectivity index is 1.62. The van der Waals surface area contributed by atoms with Crippen LogP contribution in [-0.4, -0.2) is 86.5 Å². The number of anilines is 1. The molecule has 11 heteroatoms. The first-order chi connectivity index (χ1) is 19.2. The van der Waals surface area contributed by atoms with Gasteiger partial charge in [0, 0.05) is 44.7 Å². The van der Waals surface area contributed by atoms with Gasteiger partial charge in [-0.05, 0) is 82.7 Å². The summed E-state index contributed by atoms with van der Waals surface area (Å²) in [4.78, 5) is 33.9. The van der Waals surface area contributed by atoms with Gasteiger partial charge in [-0.1, -0.05) is 6.07 Å². The molecule has 2 aliphatic rings. The van der Waals surface area contributed by atoms with Crippen molar-refractivity contribution in [3.63, 3.8) is 0 Å². The molecule has 0 radical (unpaired) electrons. The normalized spacial score (nSPS) is 19.0. The van der Waals surface area contributed by atoms with E-state index in [0.29, 0.717) is 43.3 Å². The summed E-state index contributed by atoms with van der Waals surface area (Å²) in [7, 11) is -2.42. The third-order valence-corrected chi connectivity index (χ3v) is 8.59. The van der Waals surface area contributed by atoms with Gasteiger partial charge >= 0.3 is 12.1 Å². The Morgan fingerprint density at radius 2 is 1.88 bits per heavy atom. The number of esters is 1. The van der Waals surface area contributed by atoms with Crippen LogP contribution in [0.4, 0.5) is 10.5 Å². The van der Waals surface area contributed by atoms with Gasteiger partial charge in [0.1, 0.15) is 5.60 Å². The van der Waals surface area contributed by atoms with Gasteiger partial charge in [0.2, 0.25) is 0 Å². The molecule has 224 valence electrons. The third kappa shape index (κ3) is 7.77. The van der Waals surface area contributed by atoms with Crippen molar-refractivity contribution in [1.82, 2.24) is 14.8 Å². The summed E-state index contributed by atoms with van der Waals surface area (Å²) in [5, 5.41) is 3.45. The van der Waals surface area contributed by atoms with Crippen LogP contribution in [-0.2, 0) is 19.3 Å². The number of piperazine rings is 1. The number of carbonyl (C=O) groups excluding carboxylic acids is 2. The van der Waals surface area contributed by atoms with Crippen molar-refractivity contribution < 1.29 is 27.5 Å². The van der Waals surface area contributed by atoms with Gasteiger partial charge in [-0.25, -0.2) is 18.0 Å². The van der Waals surface area contributed by atoms with Gasteiger partial charge in [0.25, 0.3) is 0 Å². The number of nitrogens with one attached hydrogen (secondary N) is 1. The Morgan fingerprint density at radius 3 is 2.41 bits per heavy atom. The third-order valence-electron chi connectivity index (χ3n) is 7.46. The molecule has 1 saturated heterocycles. The maximum Gasteiger partial charge on any atom is 0.410 e. The second-order valence-corrected chi connectivity index (χ2v) is 14.2. The molecule has 2 aromatic rings. The molecule has 1 saturated carbocycles. The molecule has 1 unspecified atom stereocenters. The molecule has 2 fully saturated rings. The fraction of sp³-hybridized carbons (Fsp3) is 0.567. The van der Waals surface area contributed by atoms with E-state index in [1.807, 2.05) is 40.0 Å². The number of methoxy groups -OCH3 is 1. The summed E-state index contributed by atoms with van der Waals surface area (Å²) in [5.74, 6) is -0.0280. The summed E-state index contributed by atoms with van der Waals surface area (Å²) in [6, 6.07) is 6.73. The molecule has 1 aromatic carbocycles. The van der Waals surface area contributed by atoms with Crippen LogP contribution in [0, 0.1) is 6.92 Å². The predicted molar refractivity (Wildman–Crippen MR) is 157 cm³/mol. The van der Waals surface area contributed by atoms with Gasteiger partial charge < -0.3 is 19.7 Å². The quantitative estimate of drug-likeness (QED) is 0.445. The molecule has 1 amide bonds. The van der Waals surface area contributed by atoms with E-state index >= 15 is 0 Å². The van der Waals surface area contributed by atoms with E-state index in [4.69, 9.17) is 14.5 Å². The maximum absolute atomic E-state index is 12.8. The van der Waals surface area contributed by atoms with Crippen LogP contribution in [0.25, 0.3) is 0 Å². The smallest absolute Gasteiger partial charge is 0.410 e. The largest absolute Gasteiger partial charge is 0.465 e. The number of sulfone groups is 1. The van der Waals surface area contributed by atoms with Crippen LogP contribution in [0.3, 0.4) is 0 Å². The molecular weight excluding hydrogens is 544 g/mol. The monoisotopic (exact) mass is 586 g/mol. The topological polar surface area (TPSA) is 118 Å². The van der Waals surface area contributed by atoms with Gasteiger partial charge in [-0.2, -0.15) is 0 Å². The number of aromatic nitrogens is 1. The minimum absolute atomic E-state index is 0.0196. The van der Waals surface area contributed by atoms with Crippen molar-refractivity contribution in [3.05, 3.63) is 52.8 Å². The van der Waals surface area contributed by atoms with Gasteiger partial charge in [0.15, 0.2) is 9.84 Å². The highest BCUT2D eigenvalue weighted by atomic mass is 32.2. The van der Waals surface area contributed by atoms with Crippen LogP contribution < -0.4 is 5.32 Å². The lowest BCUT2D eigenvalue weighted by molar-refractivity contribution is 0.00105. The van der Waals surface area contributed by atoms with Crippen molar-refractivity contribution in [2.75, 3.05) is 44.9 Å². The summed E-state index contributed by atoms with van der Waals surface area (Å²) in [6.07, 6.45) is 5.06. The molecule has 0 spiro atoms. The highest BCUT2D eigenvalue weighted by Gasteiger charge is 2.33. The van der Waals surface area contributed by atoms with E-state index in [1.165, 1.54) is 31.6 Å². The number of rotatable bonds is 8. The summed E-state index contributed by atoms with van der Waals surface area (Å²) in [5.41, 5.74) is 2.63. The van der Waals surface area contributed by atoms with Crippen LogP contribution in [0.5, 0.6) is 0 Å². The number of aryl methyl sites for hydroxylation is 1. The fourth-order valence-electron chi connectivity index (χ4n) is 5.17. The minimum Gasteiger partial charge on any atom is -0.465 e. The zero-order chi connectivity index (χ0) is 30.1. The number of pyridine rings is 1. The molecule has 1 aromatic heterocycles. The number of ether oxygens (including phenoxy) is 2. The Hall–Kier alpha value is -3.18. The predicted octanol–water partition coefficient (Wildman–Crippen LogP) is 4.55. The standard InChI is InChI=1S/C30H42N4O6S/c1-19-14-25(27(41(7,37)38)15-23(19)28(35)39-6)32-26(24-11-10-22(16-31-24)21-8-9-21)18-33-12-13-34(20(2)17-33)29(36)40-30(3,4)5/h10-11,14-16,20-21,26,32H,8-9,12-13,17-18H2,1-7H3/t20-,26?/m1/s1. The van der Waals surface area contributed by atoms with Crippen LogP contribution >= 0.6 is 0 Å². The molecule has 10 nitrogen and oxygen atoms in total. The van der Waals surface area contributed by atoms with Crippen LogP contribution in [0.1, 0.15) is 79.7 Å². The number of benzene rings is 1. The van der Waals surface area contributed by atoms with Gasteiger partial charge in [-0.15, -0.1) is 0 Å². The summed E-state index contributed by atoms with van der Waals surface area (Å²) in [6.45, 7) is 11.6. The van der Waals surface area contributed by atoms with E-state index < -0.39 is 21.4 Å². The van der Waals surface area contributed by atoms with E-state index in [-0.39, 0.29) is 28.6 Å². The second kappa shape index (κ2) is 12.0. The average Bonchev–Trinajstić information content (AvgIpc) is 3.72. The number of carbonyl (C=O) groups is 2. The maximum atomic E-state index is 12.8. The zero-order valence-electron chi connectivity index (χ0n) is 25.1. The first-order valence-corrected chi connectivity index (χ1v) is 15.9. The summed E-state index contributed by atoms with van der Waals surface area (Å²) < 4.78 is 36.1. The van der Waals surface area contributed by atoms with E-state index in [9.17, 15) is 18.0 Å². The first-order valence-electron chi connectivity index (χ1n) is 14.0. The lowest BCUT2D eigenvalue weighted by Gasteiger charge is -2.41. The molecule has 0 bridgehead atoms. The van der Waals surface area contributed by atoms with E-state index in [1.54, 1.807) is 17.9 Å². The molecule has 4 rings (SSSR count). The van der Waals surface area contributed by atoms with Crippen LogP contribution in [0.15, 0.2) is 35.4 Å². The number of nitrogens with zero attached hydrogens (tertiary/aromatic N) is 3.